The first-order chi connectivity index (χ1) is 10.0. The molecule has 0 unspecified atom stereocenters. The molecule has 0 aliphatic carbocycles. The van der Waals surface area contributed by atoms with E-state index in [2.05, 4.69) is 4.98 Å². The topological polar surface area (TPSA) is 77.9 Å². The van der Waals surface area contributed by atoms with Crippen LogP contribution in [0.4, 0.5) is 0 Å². The number of hydrogen-bond acceptors (Lipinski definition) is 5. The molecule has 0 bridgehead atoms. The maximum Gasteiger partial charge on any atom is 0.341 e. The minimum Gasteiger partial charge on any atom is -0.496 e. The fraction of sp³-hybridized carbons (Fsp3) is 0.143. The third-order valence-corrected chi connectivity index (χ3v) is 2.81. The number of methoxy groups -OCH3 is 2. The van der Waals surface area contributed by atoms with Crippen LogP contribution in [0, 0.1) is 0 Å². The van der Waals surface area contributed by atoms with Crippen molar-refractivity contribution in [1.82, 2.24) is 4.98 Å². The van der Waals surface area contributed by atoms with Crippen LogP contribution in [-0.2, 0) is 0 Å². The predicted octanol–water partition coefficient (Wildman–Crippen LogP) is 3.24. The molecule has 1 N–H and O–H groups in total. The van der Waals surface area contributed by atoms with Crippen molar-refractivity contribution in [3.8, 4) is 23.1 Å². The Morgan fingerprint density at radius 3 is 2.19 bits per heavy atom. The Balaban J connectivity index is 2.42. The number of nitrogens with zero attached hydrogens (tertiary/aromatic N) is 1. The lowest BCUT2D eigenvalue weighted by Crippen LogP contribution is -2.02. The van der Waals surface area contributed by atoms with E-state index >= 15 is 0 Å². The molecule has 0 aliphatic heterocycles. The quantitative estimate of drug-likeness (QED) is 0.854. The summed E-state index contributed by atoms with van der Waals surface area (Å²) in [6, 6.07) is 7.53. The fourth-order valence-corrected chi connectivity index (χ4v) is 1.75. The molecule has 0 aliphatic rings. The Morgan fingerprint density at radius 2 is 1.67 bits per heavy atom. The lowest BCUT2D eigenvalue weighted by molar-refractivity contribution is 0.0693. The molecule has 0 spiro atoms. The van der Waals surface area contributed by atoms with Gasteiger partial charge in [-0.15, -0.1) is 0 Å². The van der Waals surface area contributed by atoms with Gasteiger partial charge in [0.15, 0.2) is 0 Å². The molecule has 7 heteroatoms. The molecule has 2 rings (SSSR count). The van der Waals surface area contributed by atoms with Gasteiger partial charge in [0.1, 0.15) is 28.0 Å². The second-order valence-electron chi connectivity index (χ2n) is 3.94. The number of benzene rings is 1. The number of aromatic nitrogens is 1. The number of carboxylic acids is 1. The average Bonchev–Trinajstić information content (AvgIpc) is 2.46. The SMILES string of the molecule is COc1cc(OC)cc(Oc2nc(Cl)ccc2C(=O)O)c1. The highest BCUT2D eigenvalue weighted by Gasteiger charge is 2.15. The minimum absolute atomic E-state index is 0.0961. The summed E-state index contributed by atoms with van der Waals surface area (Å²) >= 11 is 5.77. The van der Waals surface area contributed by atoms with E-state index in [4.69, 9.17) is 30.9 Å². The summed E-state index contributed by atoms with van der Waals surface area (Å²) in [6.45, 7) is 0. The number of pyridine rings is 1. The van der Waals surface area contributed by atoms with Crippen LogP contribution in [0.2, 0.25) is 5.15 Å². The van der Waals surface area contributed by atoms with Crippen LogP contribution in [-0.4, -0.2) is 30.3 Å². The lowest BCUT2D eigenvalue weighted by Gasteiger charge is -2.11. The van der Waals surface area contributed by atoms with Gasteiger partial charge >= 0.3 is 5.97 Å². The highest BCUT2D eigenvalue weighted by atomic mass is 35.5. The third-order valence-electron chi connectivity index (χ3n) is 2.60. The van der Waals surface area contributed by atoms with Crippen molar-refractivity contribution in [2.45, 2.75) is 0 Å². The van der Waals surface area contributed by atoms with Crippen LogP contribution in [0.1, 0.15) is 10.4 Å². The van der Waals surface area contributed by atoms with Crippen molar-refractivity contribution < 1.29 is 24.1 Å². The van der Waals surface area contributed by atoms with Crippen LogP contribution >= 0.6 is 11.6 Å². The van der Waals surface area contributed by atoms with Gasteiger partial charge in [-0.25, -0.2) is 9.78 Å². The van der Waals surface area contributed by atoms with Crippen LogP contribution in [0.15, 0.2) is 30.3 Å². The Labute approximate surface area is 125 Å². The Morgan fingerprint density at radius 1 is 1.10 bits per heavy atom. The van der Waals surface area contributed by atoms with Gasteiger partial charge < -0.3 is 19.3 Å². The summed E-state index contributed by atoms with van der Waals surface area (Å²) in [4.78, 5) is 15.0. The summed E-state index contributed by atoms with van der Waals surface area (Å²) in [5.41, 5.74) is -0.0961. The first-order valence-electron chi connectivity index (χ1n) is 5.84. The van der Waals surface area contributed by atoms with E-state index in [0.717, 1.165) is 0 Å². The molecule has 0 saturated heterocycles. The smallest absolute Gasteiger partial charge is 0.341 e. The van der Waals surface area contributed by atoms with Gasteiger partial charge in [-0.1, -0.05) is 11.6 Å². The minimum atomic E-state index is -1.16. The van der Waals surface area contributed by atoms with Crippen LogP contribution in [0.3, 0.4) is 0 Å². The Kier molecular flexibility index (Phi) is 4.49. The largest absolute Gasteiger partial charge is 0.496 e. The molecule has 0 fully saturated rings. The van der Waals surface area contributed by atoms with Crippen molar-refractivity contribution in [3.63, 3.8) is 0 Å². The van der Waals surface area contributed by atoms with E-state index in [-0.39, 0.29) is 16.6 Å². The highest BCUT2D eigenvalue weighted by Crippen LogP contribution is 2.31. The third kappa shape index (κ3) is 3.55. The van der Waals surface area contributed by atoms with E-state index in [1.165, 1.54) is 26.4 Å². The maximum absolute atomic E-state index is 11.2. The molecule has 0 saturated carbocycles. The number of hydrogen-bond donors (Lipinski definition) is 1. The number of carbonyl (C=O) groups is 1. The molecule has 0 amide bonds. The van der Waals surface area contributed by atoms with E-state index in [0.29, 0.717) is 17.2 Å². The number of aromatic carboxylic acids is 1. The van der Waals surface area contributed by atoms with Crippen molar-refractivity contribution >= 4 is 17.6 Å². The summed E-state index contributed by atoms with van der Waals surface area (Å²) in [7, 11) is 3.00. The molecule has 1 aromatic carbocycles. The van der Waals surface area contributed by atoms with E-state index in [1.54, 1.807) is 18.2 Å². The second kappa shape index (κ2) is 6.32. The van der Waals surface area contributed by atoms with Gasteiger partial charge in [0.2, 0.25) is 5.88 Å². The van der Waals surface area contributed by atoms with Gasteiger partial charge in [0.25, 0.3) is 0 Å². The van der Waals surface area contributed by atoms with E-state index in [9.17, 15) is 4.79 Å². The first-order valence-corrected chi connectivity index (χ1v) is 6.22. The Bertz CT molecular complexity index is 652. The maximum atomic E-state index is 11.2. The van der Waals surface area contributed by atoms with Gasteiger partial charge in [0, 0.05) is 18.2 Å². The van der Waals surface area contributed by atoms with Crippen molar-refractivity contribution in [1.29, 1.82) is 0 Å². The summed E-state index contributed by atoms with van der Waals surface area (Å²) in [6.07, 6.45) is 0. The second-order valence-corrected chi connectivity index (χ2v) is 4.33. The van der Waals surface area contributed by atoms with E-state index < -0.39 is 5.97 Å². The van der Waals surface area contributed by atoms with Crippen molar-refractivity contribution in [2.75, 3.05) is 14.2 Å². The molecular weight excluding hydrogens is 298 g/mol. The predicted molar refractivity (Wildman–Crippen MR) is 75.8 cm³/mol. The zero-order valence-electron chi connectivity index (χ0n) is 11.3. The normalized spacial score (nSPS) is 10.0. The van der Waals surface area contributed by atoms with Gasteiger partial charge in [-0.3, -0.25) is 0 Å². The monoisotopic (exact) mass is 309 g/mol. The van der Waals surface area contributed by atoms with Gasteiger partial charge in [-0.2, -0.15) is 0 Å². The van der Waals surface area contributed by atoms with Crippen LogP contribution in [0.25, 0.3) is 0 Å². The molecule has 21 heavy (non-hydrogen) atoms. The first kappa shape index (κ1) is 14.9. The average molecular weight is 310 g/mol. The highest BCUT2D eigenvalue weighted by molar-refractivity contribution is 6.29. The molecule has 110 valence electrons. The van der Waals surface area contributed by atoms with Crippen molar-refractivity contribution in [2.24, 2.45) is 0 Å². The molecule has 0 atom stereocenters. The number of halogens is 1. The molecule has 6 nitrogen and oxygen atoms in total. The number of ether oxygens (including phenoxy) is 3. The standard InChI is InChI=1S/C14H12ClNO5/c1-19-8-5-9(20-2)7-10(6-8)21-13-11(14(17)18)3-4-12(15)16-13/h3-7H,1-2H3,(H,17,18). The molecule has 0 radical (unpaired) electrons. The van der Waals surface area contributed by atoms with Crippen molar-refractivity contribution in [3.05, 3.63) is 41.0 Å². The molecule has 1 heterocycles. The van der Waals surface area contributed by atoms with E-state index in [1.807, 2.05) is 0 Å². The fourth-order valence-electron chi connectivity index (χ4n) is 1.61. The molecule has 1 aromatic heterocycles. The Hall–Kier alpha value is -2.47. The number of carboxylic acid groups (broad SMARTS) is 1. The summed E-state index contributed by atoms with van der Waals surface area (Å²) in [5.74, 6) is 0.0595. The summed E-state index contributed by atoms with van der Waals surface area (Å²) < 4.78 is 15.7. The zero-order chi connectivity index (χ0) is 15.4. The van der Waals surface area contributed by atoms with Gasteiger partial charge in [0.05, 0.1) is 14.2 Å². The van der Waals surface area contributed by atoms with Gasteiger partial charge in [-0.05, 0) is 12.1 Å². The molecule has 2 aromatic rings. The number of rotatable bonds is 5. The van der Waals surface area contributed by atoms with Crippen LogP contribution < -0.4 is 14.2 Å². The summed E-state index contributed by atoms with van der Waals surface area (Å²) in [5, 5.41) is 9.25. The zero-order valence-corrected chi connectivity index (χ0v) is 12.0. The lowest BCUT2D eigenvalue weighted by atomic mass is 10.2. The van der Waals surface area contributed by atoms with Crippen LogP contribution in [0.5, 0.6) is 23.1 Å². The molecular formula is C14H12ClNO5.